The Hall–Kier alpha value is -4.39. The molecular formula is C45H70N6O6. The first-order chi connectivity index (χ1) is 27.1. The molecule has 5 rings (SSSR count). The van der Waals surface area contributed by atoms with Gasteiger partial charge in [0.1, 0.15) is 11.4 Å². The number of aromatic nitrogens is 3. The Kier molecular flexibility index (Phi) is 20.9. The predicted molar refractivity (Wildman–Crippen MR) is 232 cm³/mol. The number of aliphatic imine (C=N–C) groups is 2. The van der Waals surface area contributed by atoms with Crippen LogP contribution in [0.25, 0.3) is 11.3 Å². The highest BCUT2D eigenvalue weighted by molar-refractivity contribution is 6.05. The molecule has 3 aromatic rings. The monoisotopic (exact) mass is 791 g/mol. The molecule has 2 fully saturated rings. The molecule has 12 heteroatoms. The number of aryl methyl sites for hydroxylation is 1. The SMILES string of the molecule is CC/C(C)=C(\C)N=C(N=C(C)N1CCCC1)c1ccc[nH]1.CCC(C)CCOC1(C(C)C)COC1.Cc1cc(-c2cccc(C(C)(C)CO)n2)c[nH]c1=O.O=CO. The van der Waals surface area contributed by atoms with Gasteiger partial charge in [0.25, 0.3) is 12.0 Å². The fourth-order valence-corrected chi connectivity index (χ4v) is 5.74. The number of nitrogens with zero attached hydrogens (tertiary/aromatic N) is 4. The molecule has 2 aliphatic heterocycles. The molecule has 57 heavy (non-hydrogen) atoms. The topological polar surface area (TPSA) is 165 Å². The standard InChI is InChI=1S/C17H26N4.C15H18N2O2.C12H24O2.CH2O2/c1-5-13(2)14(3)19-17(16-9-8-10-18-16)20-15(4)21-11-6-7-12-21;1-10-7-11(8-16-14(10)19)12-5-4-6-13(17-12)15(2,3)9-18;1-5-11(4)6-7-14-12(10(2)3)8-13-9-12;2-1-3/h8-10,18H,5-7,11-12H2,1-4H3;4-8,18H,9H2,1-3H3,(H,16,19);10-11H,5-9H2,1-4H3;1H,(H,2,3)/b14-13+,19-17?,20-15?;;;. The average Bonchev–Trinajstić information content (AvgIpc) is 3.93. The van der Waals surface area contributed by atoms with Crippen LogP contribution in [0, 0.1) is 18.8 Å². The second-order valence-electron chi connectivity index (χ2n) is 15.9. The number of aliphatic hydroxyl groups is 1. The molecule has 0 saturated carbocycles. The number of hydrogen-bond acceptors (Lipinski definition) is 7. The Morgan fingerprint density at radius 2 is 1.74 bits per heavy atom. The third kappa shape index (κ3) is 15.5. The Balaban J connectivity index is 0.000000290. The maximum Gasteiger partial charge on any atom is 0.290 e. The van der Waals surface area contributed by atoms with Gasteiger partial charge in [0.2, 0.25) is 0 Å². The highest BCUT2D eigenvalue weighted by Crippen LogP contribution is 2.31. The van der Waals surface area contributed by atoms with Crippen molar-refractivity contribution in [1.82, 2.24) is 19.9 Å². The van der Waals surface area contributed by atoms with E-state index in [1.165, 1.54) is 31.3 Å². The summed E-state index contributed by atoms with van der Waals surface area (Å²) in [5, 5.41) is 16.3. The van der Waals surface area contributed by atoms with E-state index in [-0.39, 0.29) is 29.7 Å². The van der Waals surface area contributed by atoms with Gasteiger partial charge in [-0.1, -0.05) is 66.5 Å². The molecule has 0 aliphatic carbocycles. The Morgan fingerprint density at radius 1 is 1.07 bits per heavy atom. The van der Waals surface area contributed by atoms with E-state index in [2.05, 4.69) is 75.2 Å². The highest BCUT2D eigenvalue weighted by atomic mass is 16.6. The van der Waals surface area contributed by atoms with E-state index in [0.717, 1.165) is 85.3 Å². The van der Waals surface area contributed by atoms with Crippen molar-refractivity contribution in [3.63, 3.8) is 0 Å². The van der Waals surface area contributed by atoms with Crippen LogP contribution >= 0.6 is 0 Å². The Labute approximate surface area is 341 Å². The second-order valence-corrected chi connectivity index (χ2v) is 15.9. The van der Waals surface area contributed by atoms with Crippen molar-refractivity contribution in [2.24, 2.45) is 21.8 Å². The van der Waals surface area contributed by atoms with Gasteiger partial charge >= 0.3 is 0 Å². The van der Waals surface area contributed by atoms with Gasteiger partial charge in [-0.3, -0.25) is 14.6 Å². The quantitative estimate of drug-likeness (QED) is 0.0805. The molecule has 1 atom stereocenters. The molecule has 0 spiro atoms. The minimum atomic E-state index is -0.382. The number of hydrogen-bond donors (Lipinski definition) is 4. The lowest BCUT2D eigenvalue weighted by Gasteiger charge is -2.44. The number of aliphatic hydroxyl groups excluding tert-OH is 1. The number of nitrogens with one attached hydrogen (secondary N) is 2. The van der Waals surface area contributed by atoms with Gasteiger partial charge in [0.05, 0.1) is 31.2 Å². The molecule has 0 amide bonds. The van der Waals surface area contributed by atoms with Crippen molar-refractivity contribution in [3.05, 3.63) is 87.4 Å². The van der Waals surface area contributed by atoms with E-state index in [1.807, 2.05) is 56.4 Å². The van der Waals surface area contributed by atoms with Crippen LogP contribution in [0.2, 0.25) is 0 Å². The molecule has 0 aromatic carbocycles. The summed E-state index contributed by atoms with van der Waals surface area (Å²) in [6.07, 6.45) is 9.53. The van der Waals surface area contributed by atoms with Gasteiger partial charge in [-0.25, -0.2) is 9.98 Å². The third-order valence-electron chi connectivity index (χ3n) is 10.8. The van der Waals surface area contributed by atoms with Gasteiger partial charge in [-0.15, -0.1) is 0 Å². The summed E-state index contributed by atoms with van der Waals surface area (Å²) < 4.78 is 11.2. The number of rotatable bonds is 12. The largest absolute Gasteiger partial charge is 0.483 e. The summed E-state index contributed by atoms with van der Waals surface area (Å²) in [5.74, 6) is 3.17. The Bertz CT molecular complexity index is 1780. The van der Waals surface area contributed by atoms with Crippen LogP contribution in [0.5, 0.6) is 0 Å². The van der Waals surface area contributed by atoms with Crippen LogP contribution in [0.1, 0.15) is 118 Å². The third-order valence-corrected chi connectivity index (χ3v) is 10.8. The van der Waals surface area contributed by atoms with Crippen LogP contribution in [0.4, 0.5) is 0 Å². The smallest absolute Gasteiger partial charge is 0.290 e. The number of carboxylic acid groups (broad SMARTS) is 1. The zero-order valence-corrected chi connectivity index (χ0v) is 36.4. The number of likely N-dealkylation sites (tertiary alicyclic amines) is 1. The first-order valence-corrected chi connectivity index (χ1v) is 20.3. The van der Waals surface area contributed by atoms with Gasteiger partial charge in [0.15, 0.2) is 5.84 Å². The van der Waals surface area contributed by atoms with Crippen molar-refractivity contribution in [2.75, 3.05) is 39.5 Å². The van der Waals surface area contributed by atoms with Crippen molar-refractivity contribution in [1.29, 1.82) is 0 Å². The minimum Gasteiger partial charge on any atom is -0.483 e. The van der Waals surface area contributed by atoms with Crippen molar-refractivity contribution in [3.8, 4) is 11.3 Å². The first kappa shape index (κ1) is 48.8. The molecule has 316 valence electrons. The zero-order chi connectivity index (χ0) is 42.6. The van der Waals surface area contributed by atoms with Gasteiger partial charge in [-0.05, 0) is 95.5 Å². The van der Waals surface area contributed by atoms with Gasteiger partial charge < -0.3 is 34.6 Å². The number of amidine groups is 2. The minimum absolute atomic E-state index is 0.0352. The van der Waals surface area contributed by atoms with Gasteiger partial charge in [0, 0.05) is 60.0 Å². The molecule has 12 nitrogen and oxygen atoms in total. The fraction of sp³-hybridized carbons (Fsp3) is 0.578. The van der Waals surface area contributed by atoms with E-state index >= 15 is 0 Å². The van der Waals surface area contributed by atoms with Crippen LogP contribution in [0.3, 0.4) is 0 Å². The van der Waals surface area contributed by atoms with Crippen molar-refractivity contribution >= 4 is 18.1 Å². The normalized spacial score (nSPS) is 16.2. The summed E-state index contributed by atoms with van der Waals surface area (Å²) >= 11 is 0. The van der Waals surface area contributed by atoms with E-state index in [0.29, 0.717) is 11.5 Å². The summed E-state index contributed by atoms with van der Waals surface area (Å²) in [4.78, 5) is 42.1. The lowest BCUT2D eigenvalue weighted by Crippen LogP contribution is -2.56. The van der Waals surface area contributed by atoms with Crippen LogP contribution in [-0.4, -0.2) is 93.3 Å². The molecular weight excluding hydrogens is 721 g/mol. The predicted octanol–water partition coefficient (Wildman–Crippen LogP) is 8.56. The lowest BCUT2D eigenvalue weighted by atomic mass is 9.88. The molecule has 0 bridgehead atoms. The fourth-order valence-electron chi connectivity index (χ4n) is 5.74. The van der Waals surface area contributed by atoms with E-state index in [9.17, 15) is 9.90 Å². The summed E-state index contributed by atoms with van der Waals surface area (Å²) in [6.45, 7) is 27.5. The number of H-pyrrole nitrogens is 2. The number of pyridine rings is 2. The Morgan fingerprint density at radius 3 is 2.25 bits per heavy atom. The molecule has 3 aromatic heterocycles. The summed E-state index contributed by atoms with van der Waals surface area (Å²) in [5.41, 5.74) is 6.04. The first-order valence-electron chi connectivity index (χ1n) is 20.3. The maximum absolute atomic E-state index is 11.4. The summed E-state index contributed by atoms with van der Waals surface area (Å²) in [6, 6.07) is 11.5. The average molecular weight is 791 g/mol. The maximum atomic E-state index is 11.4. The molecule has 0 radical (unpaired) electrons. The highest BCUT2D eigenvalue weighted by Gasteiger charge is 2.42. The molecule has 1 unspecified atom stereocenters. The van der Waals surface area contributed by atoms with E-state index in [1.54, 1.807) is 13.1 Å². The van der Waals surface area contributed by atoms with Crippen LogP contribution < -0.4 is 5.56 Å². The summed E-state index contributed by atoms with van der Waals surface area (Å²) in [7, 11) is 0. The van der Waals surface area contributed by atoms with E-state index in [4.69, 9.17) is 29.4 Å². The molecule has 5 heterocycles. The number of aromatic amines is 2. The van der Waals surface area contributed by atoms with Crippen molar-refractivity contribution < 1.29 is 24.5 Å². The number of ether oxygens (including phenoxy) is 2. The molecule has 2 aliphatic rings. The second kappa shape index (κ2) is 24.4. The number of carbonyl (C=O) groups is 1. The van der Waals surface area contributed by atoms with E-state index < -0.39 is 0 Å². The van der Waals surface area contributed by atoms with Crippen LogP contribution in [-0.2, 0) is 19.7 Å². The van der Waals surface area contributed by atoms with Gasteiger partial charge in [-0.2, -0.15) is 0 Å². The van der Waals surface area contributed by atoms with Crippen LogP contribution in [0.15, 0.2) is 74.8 Å². The number of allylic oxidation sites excluding steroid dienone is 2. The lowest BCUT2D eigenvalue weighted by molar-refractivity contribution is -0.231. The van der Waals surface area contributed by atoms with Crippen molar-refractivity contribution in [2.45, 2.75) is 119 Å². The molecule has 4 N–H and O–H groups in total. The zero-order valence-electron chi connectivity index (χ0n) is 36.4. The molecule has 2 saturated heterocycles.